The minimum Gasteiger partial charge on any atom is -0.479 e. The summed E-state index contributed by atoms with van der Waals surface area (Å²) in [5.41, 5.74) is 0. The van der Waals surface area contributed by atoms with E-state index in [4.69, 9.17) is 23.7 Å². The number of aliphatic hydroxyl groups excluding tert-OH is 2. The Bertz CT molecular complexity index is 1580. The number of carboxylic acids is 1. The third-order valence-corrected chi connectivity index (χ3v) is 13.3. The number of esters is 3. The third-order valence-electron chi connectivity index (χ3n) is 13.3. The molecule has 1 aliphatic rings. The Hall–Kier alpha value is -3.84. The number of hydrogen-bond acceptors (Lipinski definition) is 11. The summed E-state index contributed by atoms with van der Waals surface area (Å²) in [6, 6.07) is 0. The number of ether oxygens (including phenoxy) is 5. The fourth-order valence-electron chi connectivity index (χ4n) is 8.67. The number of carboxylic acid groups (broad SMARTS) is 1. The predicted octanol–water partition coefficient (Wildman–Crippen LogP) is 15.3. The van der Waals surface area contributed by atoms with Gasteiger partial charge in [-0.3, -0.25) is 14.4 Å². The second kappa shape index (κ2) is 50.9. The highest BCUT2D eigenvalue weighted by atomic mass is 16.7. The zero-order valence-electron chi connectivity index (χ0n) is 47.3. The molecule has 1 saturated heterocycles. The molecule has 0 saturated carbocycles. The molecule has 1 heterocycles. The number of unbranched alkanes of at least 4 members (excludes halogenated alkanes) is 24. The van der Waals surface area contributed by atoms with E-state index in [1.807, 2.05) is 0 Å². The molecule has 6 atom stereocenters. The van der Waals surface area contributed by atoms with Crippen molar-refractivity contribution in [2.45, 2.75) is 289 Å². The van der Waals surface area contributed by atoms with Crippen molar-refractivity contribution in [3.63, 3.8) is 0 Å². The van der Waals surface area contributed by atoms with Crippen LogP contribution in [-0.4, -0.2) is 89.2 Å². The van der Waals surface area contributed by atoms with Crippen molar-refractivity contribution < 1.29 is 58.2 Å². The molecular formula is C63H106O12. The fourth-order valence-corrected chi connectivity index (χ4v) is 8.67. The molecule has 6 unspecified atom stereocenters. The molecule has 0 aromatic carbocycles. The average molecular weight is 1060 g/mol. The average Bonchev–Trinajstić information content (AvgIpc) is 3.39. The molecule has 430 valence electrons. The van der Waals surface area contributed by atoms with Crippen LogP contribution in [-0.2, 0) is 42.9 Å². The van der Waals surface area contributed by atoms with Crippen molar-refractivity contribution in [1.29, 1.82) is 0 Å². The van der Waals surface area contributed by atoms with Gasteiger partial charge in [0.2, 0.25) is 0 Å². The SMILES string of the molecule is CC/C=C\C/C=C\C/C=C\C/C=C\C/C=C\CCCCCC(=O)OCC(COC1OC(C(=O)O)C(O)C(O)C1OC(=O)CCCCCCCCCCCCCCCCC)OC(=O)CCCCCCC/C=C\CCCC. The normalized spacial score (nSPS) is 18.7. The van der Waals surface area contributed by atoms with Gasteiger partial charge < -0.3 is 39.0 Å². The van der Waals surface area contributed by atoms with Crippen LogP contribution in [0.1, 0.15) is 252 Å². The van der Waals surface area contributed by atoms with E-state index in [0.717, 1.165) is 116 Å². The van der Waals surface area contributed by atoms with E-state index in [1.54, 1.807) is 0 Å². The Morgan fingerprint density at radius 1 is 0.453 bits per heavy atom. The first kappa shape index (κ1) is 69.2. The molecule has 0 spiro atoms. The zero-order chi connectivity index (χ0) is 54.7. The first-order valence-corrected chi connectivity index (χ1v) is 29.9. The van der Waals surface area contributed by atoms with E-state index in [1.165, 1.54) is 77.0 Å². The van der Waals surface area contributed by atoms with Crippen LogP contribution in [0.3, 0.4) is 0 Å². The molecule has 0 aromatic heterocycles. The quantitative estimate of drug-likeness (QED) is 0.0228. The van der Waals surface area contributed by atoms with Crippen LogP contribution in [0, 0.1) is 0 Å². The lowest BCUT2D eigenvalue weighted by atomic mass is 9.98. The number of aliphatic carboxylic acids is 1. The van der Waals surface area contributed by atoms with Crippen LogP contribution in [0.5, 0.6) is 0 Å². The first-order valence-electron chi connectivity index (χ1n) is 29.9. The van der Waals surface area contributed by atoms with Crippen molar-refractivity contribution in [2.24, 2.45) is 0 Å². The molecule has 1 aliphatic heterocycles. The van der Waals surface area contributed by atoms with Crippen molar-refractivity contribution >= 4 is 23.9 Å². The van der Waals surface area contributed by atoms with Crippen LogP contribution in [0.2, 0.25) is 0 Å². The Morgan fingerprint density at radius 3 is 1.35 bits per heavy atom. The van der Waals surface area contributed by atoms with Gasteiger partial charge in [-0.25, -0.2) is 4.79 Å². The summed E-state index contributed by atoms with van der Waals surface area (Å²) in [7, 11) is 0. The molecule has 3 N–H and O–H groups in total. The van der Waals surface area contributed by atoms with E-state index < -0.39 is 67.3 Å². The largest absolute Gasteiger partial charge is 0.479 e. The molecule has 0 amide bonds. The van der Waals surface area contributed by atoms with Gasteiger partial charge >= 0.3 is 23.9 Å². The van der Waals surface area contributed by atoms with Gasteiger partial charge in [-0.2, -0.15) is 0 Å². The molecular weight excluding hydrogens is 949 g/mol. The molecule has 75 heavy (non-hydrogen) atoms. The van der Waals surface area contributed by atoms with Gasteiger partial charge in [0.1, 0.15) is 18.8 Å². The van der Waals surface area contributed by atoms with Crippen LogP contribution in [0.4, 0.5) is 0 Å². The number of carbonyl (C=O) groups is 4. The third kappa shape index (κ3) is 41.0. The van der Waals surface area contributed by atoms with Gasteiger partial charge in [0.05, 0.1) is 6.61 Å². The molecule has 0 radical (unpaired) electrons. The van der Waals surface area contributed by atoms with E-state index in [-0.39, 0.29) is 25.9 Å². The van der Waals surface area contributed by atoms with E-state index in [0.29, 0.717) is 19.3 Å². The highest BCUT2D eigenvalue weighted by Crippen LogP contribution is 2.26. The molecule has 12 heteroatoms. The highest BCUT2D eigenvalue weighted by Gasteiger charge is 2.50. The van der Waals surface area contributed by atoms with Crippen LogP contribution in [0.15, 0.2) is 72.9 Å². The maximum atomic E-state index is 13.1. The van der Waals surface area contributed by atoms with Gasteiger partial charge in [0.25, 0.3) is 0 Å². The van der Waals surface area contributed by atoms with E-state index >= 15 is 0 Å². The number of allylic oxidation sites excluding steroid dienone is 12. The number of hydrogen-bond donors (Lipinski definition) is 3. The number of aliphatic hydroxyl groups is 2. The maximum Gasteiger partial charge on any atom is 0.335 e. The summed E-state index contributed by atoms with van der Waals surface area (Å²) in [6.07, 6.45) is 51.6. The monoisotopic (exact) mass is 1050 g/mol. The second-order valence-corrected chi connectivity index (χ2v) is 20.3. The minimum absolute atomic E-state index is 0.0579. The molecule has 0 aliphatic carbocycles. The summed E-state index contributed by atoms with van der Waals surface area (Å²) in [5.74, 6) is -3.17. The lowest BCUT2D eigenvalue weighted by Gasteiger charge is -2.40. The molecule has 1 rings (SSSR count). The van der Waals surface area contributed by atoms with Gasteiger partial charge in [0.15, 0.2) is 24.6 Å². The number of rotatable bonds is 50. The lowest BCUT2D eigenvalue weighted by Crippen LogP contribution is -2.61. The standard InChI is InChI=1S/C63H106O12/c1-4-7-10-13-16-19-22-24-26-27-28-29-31-32-35-37-40-43-46-49-55(64)71-52-54(73-56(65)50-47-44-41-38-34-21-18-15-12-9-6-3)53-72-63-61(59(68)58(67)60(75-63)62(69)70)74-57(66)51-48-45-42-39-36-33-30-25-23-20-17-14-11-8-5-2/h7,10,15-16,18-19,24,26,28-29,32,35,54,58-61,63,67-68H,4-6,8-9,11-14,17,20-23,25,27,30-31,33-34,36-53H2,1-3H3,(H,69,70)/b10-7-,18-15-,19-16-,26-24-,29-28-,35-32-. The highest BCUT2D eigenvalue weighted by molar-refractivity contribution is 5.74. The molecule has 0 aromatic rings. The minimum atomic E-state index is -1.91. The number of carbonyl (C=O) groups excluding carboxylic acids is 3. The summed E-state index contributed by atoms with van der Waals surface area (Å²) in [5, 5.41) is 31.5. The second-order valence-electron chi connectivity index (χ2n) is 20.3. The van der Waals surface area contributed by atoms with E-state index in [2.05, 4.69) is 93.7 Å². The Balaban J connectivity index is 2.68. The summed E-state index contributed by atoms with van der Waals surface area (Å²) in [6.45, 7) is 5.81. The maximum absolute atomic E-state index is 13.1. The van der Waals surface area contributed by atoms with Crippen molar-refractivity contribution in [3.8, 4) is 0 Å². The van der Waals surface area contributed by atoms with Crippen molar-refractivity contribution in [1.82, 2.24) is 0 Å². The molecule has 0 bridgehead atoms. The summed E-state index contributed by atoms with van der Waals surface area (Å²) < 4.78 is 28.4. The van der Waals surface area contributed by atoms with Crippen molar-refractivity contribution in [3.05, 3.63) is 72.9 Å². The first-order chi connectivity index (χ1) is 36.6. The Labute approximate surface area is 455 Å². The zero-order valence-corrected chi connectivity index (χ0v) is 47.3. The van der Waals surface area contributed by atoms with Crippen LogP contribution >= 0.6 is 0 Å². The van der Waals surface area contributed by atoms with Gasteiger partial charge in [0, 0.05) is 19.3 Å². The van der Waals surface area contributed by atoms with Gasteiger partial charge in [-0.05, 0) is 83.5 Å². The van der Waals surface area contributed by atoms with Gasteiger partial charge in [-0.1, -0.05) is 222 Å². The topological polar surface area (TPSA) is 175 Å². The molecule has 12 nitrogen and oxygen atoms in total. The van der Waals surface area contributed by atoms with Crippen LogP contribution in [0.25, 0.3) is 0 Å². The van der Waals surface area contributed by atoms with Gasteiger partial charge in [-0.15, -0.1) is 0 Å². The molecule has 1 fully saturated rings. The summed E-state index contributed by atoms with van der Waals surface area (Å²) in [4.78, 5) is 51.1. The lowest BCUT2D eigenvalue weighted by molar-refractivity contribution is -0.301. The van der Waals surface area contributed by atoms with E-state index in [9.17, 15) is 34.5 Å². The fraction of sp³-hybridized carbons (Fsp3) is 0.746. The van der Waals surface area contributed by atoms with Crippen molar-refractivity contribution in [2.75, 3.05) is 13.2 Å². The Morgan fingerprint density at radius 2 is 0.853 bits per heavy atom. The predicted molar refractivity (Wildman–Crippen MR) is 303 cm³/mol. The summed E-state index contributed by atoms with van der Waals surface area (Å²) >= 11 is 0. The smallest absolute Gasteiger partial charge is 0.335 e. The van der Waals surface area contributed by atoms with Crippen LogP contribution < -0.4 is 0 Å². The Kier molecular flexibility index (Phi) is 47.0.